The van der Waals surface area contributed by atoms with E-state index in [1.54, 1.807) is 35.2 Å². The van der Waals surface area contributed by atoms with Gasteiger partial charge in [0.25, 0.3) is 5.91 Å². The van der Waals surface area contributed by atoms with E-state index < -0.39 is 22.1 Å². The lowest BCUT2D eigenvalue weighted by Gasteiger charge is -2.23. The molecule has 2 aromatic carbocycles. The van der Waals surface area contributed by atoms with E-state index >= 15 is 0 Å². The van der Waals surface area contributed by atoms with Crippen LogP contribution >= 0.6 is 11.6 Å². The number of nitrogens with one attached hydrogen (secondary N) is 1. The monoisotopic (exact) mass is 450 g/mol. The first-order valence-electron chi connectivity index (χ1n) is 9.65. The largest absolute Gasteiger partial charge is 0.447 e. The molecule has 1 N–H and O–H groups in total. The summed E-state index contributed by atoms with van der Waals surface area (Å²) in [4.78, 5) is 26.9. The van der Waals surface area contributed by atoms with Gasteiger partial charge in [0, 0.05) is 30.2 Å². The van der Waals surface area contributed by atoms with Crippen LogP contribution in [0.4, 0.5) is 0 Å². The fraction of sp³-hybridized carbons (Fsp3) is 0.333. The highest BCUT2D eigenvalue weighted by molar-refractivity contribution is 7.89. The van der Waals surface area contributed by atoms with E-state index in [2.05, 4.69) is 4.72 Å². The second-order valence-electron chi connectivity index (χ2n) is 6.92. The predicted molar refractivity (Wildman–Crippen MR) is 112 cm³/mol. The quantitative estimate of drug-likeness (QED) is 0.624. The summed E-state index contributed by atoms with van der Waals surface area (Å²) in [5.74, 6) is -0.920. The number of halogens is 1. The van der Waals surface area contributed by atoms with E-state index in [-0.39, 0.29) is 23.8 Å². The zero-order valence-electron chi connectivity index (χ0n) is 16.3. The predicted octanol–water partition coefficient (Wildman–Crippen LogP) is 2.92. The molecule has 30 heavy (non-hydrogen) atoms. The molecule has 7 nitrogen and oxygen atoms in total. The van der Waals surface area contributed by atoms with Crippen molar-refractivity contribution in [2.45, 2.75) is 30.3 Å². The number of carbonyl (C=O) groups excluding carboxylic acids is 2. The third-order valence-corrected chi connectivity index (χ3v) is 6.42. The molecular weight excluding hydrogens is 428 g/mol. The number of esters is 1. The van der Waals surface area contributed by atoms with Crippen LogP contribution in [0.15, 0.2) is 59.5 Å². The van der Waals surface area contributed by atoms with Gasteiger partial charge in [-0.15, -0.1) is 0 Å². The number of likely N-dealkylation sites (tertiary alicyclic amines) is 1. The molecule has 0 spiro atoms. The van der Waals surface area contributed by atoms with Crippen molar-refractivity contribution < 1.29 is 22.7 Å². The minimum absolute atomic E-state index is 0.00902. The van der Waals surface area contributed by atoms with Crippen LogP contribution in [-0.4, -0.2) is 44.8 Å². The first kappa shape index (κ1) is 22.3. The van der Waals surface area contributed by atoms with Crippen LogP contribution in [-0.2, 0) is 24.3 Å². The Morgan fingerprint density at radius 2 is 1.77 bits per heavy atom. The Kier molecular flexibility index (Phi) is 7.47. The molecule has 3 rings (SSSR count). The number of sulfonamides is 1. The summed E-state index contributed by atoms with van der Waals surface area (Å²) in [7, 11) is -3.81. The van der Waals surface area contributed by atoms with Crippen LogP contribution in [0, 0.1) is 0 Å². The number of hydrogen-bond acceptors (Lipinski definition) is 5. The summed E-state index contributed by atoms with van der Waals surface area (Å²) in [6, 6.07) is 14.6. The van der Waals surface area contributed by atoms with Gasteiger partial charge in [-0.2, -0.15) is 0 Å². The molecule has 1 heterocycles. The van der Waals surface area contributed by atoms with Crippen molar-refractivity contribution in [2.75, 3.05) is 19.6 Å². The third-order valence-electron chi connectivity index (χ3n) is 4.72. The van der Waals surface area contributed by atoms with Crippen molar-refractivity contribution in [3.63, 3.8) is 0 Å². The standard InChI is InChI=1S/C21H23ClN2O5S/c22-17-9-6-10-18(15-17)30(27,28)23-12-11-19(25)29-20(16-7-2-1-3-8-16)21(26)24-13-4-5-14-24/h1-3,6-10,15,20,23H,4-5,11-14H2. The van der Waals surface area contributed by atoms with E-state index in [0.717, 1.165) is 12.8 Å². The summed E-state index contributed by atoms with van der Waals surface area (Å²) in [6.07, 6.45) is 0.594. The fourth-order valence-corrected chi connectivity index (χ4v) is 4.52. The SMILES string of the molecule is O=C(CCNS(=O)(=O)c1cccc(Cl)c1)OC(C(=O)N1CCCC1)c1ccccc1. The number of rotatable bonds is 8. The number of nitrogens with zero attached hydrogens (tertiary/aromatic N) is 1. The molecule has 1 saturated heterocycles. The number of benzene rings is 2. The summed E-state index contributed by atoms with van der Waals surface area (Å²) in [5.41, 5.74) is 0.585. The van der Waals surface area contributed by atoms with Gasteiger partial charge in [0.05, 0.1) is 11.3 Å². The van der Waals surface area contributed by atoms with Crippen LogP contribution < -0.4 is 4.72 Å². The Labute approximate surface area is 181 Å². The van der Waals surface area contributed by atoms with Crippen molar-refractivity contribution in [2.24, 2.45) is 0 Å². The highest BCUT2D eigenvalue weighted by Gasteiger charge is 2.30. The van der Waals surface area contributed by atoms with Crippen molar-refractivity contribution in [1.29, 1.82) is 0 Å². The minimum Gasteiger partial charge on any atom is -0.447 e. The minimum atomic E-state index is -3.81. The summed E-state index contributed by atoms with van der Waals surface area (Å²) in [5, 5.41) is 0.295. The van der Waals surface area contributed by atoms with Gasteiger partial charge in [-0.1, -0.05) is 48.0 Å². The Bertz CT molecular complexity index is 991. The average molecular weight is 451 g/mol. The molecule has 0 bridgehead atoms. The van der Waals surface area contributed by atoms with E-state index in [1.807, 2.05) is 6.07 Å². The smallest absolute Gasteiger partial charge is 0.308 e. The zero-order valence-corrected chi connectivity index (χ0v) is 17.9. The van der Waals surface area contributed by atoms with Crippen LogP contribution in [0.5, 0.6) is 0 Å². The van der Waals surface area contributed by atoms with Gasteiger partial charge in [-0.25, -0.2) is 13.1 Å². The van der Waals surface area contributed by atoms with Crippen LogP contribution in [0.2, 0.25) is 5.02 Å². The van der Waals surface area contributed by atoms with Gasteiger partial charge < -0.3 is 9.64 Å². The third kappa shape index (κ3) is 5.81. The van der Waals surface area contributed by atoms with E-state index in [4.69, 9.17) is 16.3 Å². The van der Waals surface area contributed by atoms with Gasteiger partial charge in [0.15, 0.2) is 0 Å². The lowest BCUT2D eigenvalue weighted by Crippen LogP contribution is -2.35. The van der Waals surface area contributed by atoms with Gasteiger partial charge in [-0.05, 0) is 31.0 Å². The molecule has 0 saturated carbocycles. The number of amides is 1. The second-order valence-corrected chi connectivity index (χ2v) is 9.12. The lowest BCUT2D eigenvalue weighted by molar-refractivity contribution is -0.160. The zero-order chi connectivity index (χ0) is 21.6. The van der Waals surface area contributed by atoms with E-state index in [0.29, 0.717) is 23.7 Å². The molecule has 0 radical (unpaired) electrons. The highest BCUT2D eigenvalue weighted by atomic mass is 35.5. The average Bonchev–Trinajstić information content (AvgIpc) is 3.27. The van der Waals surface area contributed by atoms with Crippen molar-refractivity contribution in [1.82, 2.24) is 9.62 Å². The Morgan fingerprint density at radius 1 is 1.07 bits per heavy atom. The molecule has 2 aromatic rings. The van der Waals surface area contributed by atoms with Crippen molar-refractivity contribution in [3.05, 3.63) is 65.2 Å². The van der Waals surface area contributed by atoms with Gasteiger partial charge in [-0.3, -0.25) is 9.59 Å². The maximum absolute atomic E-state index is 12.9. The molecule has 1 fully saturated rings. The fourth-order valence-electron chi connectivity index (χ4n) is 3.19. The van der Waals surface area contributed by atoms with Crippen LogP contribution in [0.3, 0.4) is 0 Å². The molecule has 1 aliphatic heterocycles. The number of ether oxygens (including phenoxy) is 1. The molecule has 1 amide bonds. The van der Waals surface area contributed by atoms with Crippen molar-refractivity contribution in [3.8, 4) is 0 Å². The van der Waals surface area contributed by atoms with Gasteiger partial charge >= 0.3 is 5.97 Å². The first-order chi connectivity index (χ1) is 14.4. The van der Waals surface area contributed by atoms with E-state index in [9.17, 15) is 18.0 Å². The Hall–Kier alpha value is -2.42. The second kappa shape index (κ2) is 10.1. The molecule has 9 heteroatoms. The number of hydrogen-bond donors (Lipinski definition) is 1. The van der Waals surface area contributed by atoms with Crippen LogP contribution in [0.25, 0.3) is 0 Å². The van der Waals surface area contributed by atoms with Crippen molar-refractivity contribution >= 4 is 33.5 Å². The topological polar surface area (TPSA) is 92.8 Å². The summed E-state index contributed by atoms with van der Waals surface area (Å²) < 4.78 is 32.4. The molecular formula is C21H23ClN2O5S. The molecule has 160 valence electrons. The molecule has 1 aliphatic rings. The summed E-state index contributed by atoms with van der Waals surface area (Å²) in [6.45, 7) is 1.12. The lowest BCUT2D eigenvalue weighted by atomic mass is 10.1. The number of carbonyl (C=O) groups is 2. The Balaban J connectivity index is 1.61. The van der Waals surface area contributed by atoms with Crippen LogP contribution in [0.1, 0.15) is 30.9 Å². The van der Waals surface area contributed by atoms with Gasteiger partial charge in [0.2, 0.25) is 16.1 Å². The first-order valence-corrected chi connectivity index (χ1v) is 11.5. The maximum Gasteiger partial charge on any atom is 0.308 e. The Morgan fingerprint density at radius 3 is 2.43 bits per heavy atom. The molecule has 1 unspecified atom stereocenters. The normalized spacial score (nSPS) is 15.0. The molecule has 0 aliphatic carbocycles. The molecule has 0 aromatic heterocycles. The maximum atomic E-state index is 12.9. The summed E-state index contributed by atoms with van der Waals surface area (Å²) >= 11 is 5.83. The highest BCUT2D eigenvalue weighted by Crippen LogP contribution is 2.23. The molecule has 1 atom stereocenters. The van der Waals surface area contributed by atoms with Gasteiger partial charge in [0.1, 0.15) is 0 Å². The van der Waals surface area contributed by atoms with E-state index in [1.165, 1.54) is 18.2 Å².